The first kappa shape index (κ1) is 27.3. The van der Waals surface area contributed by atoms with E-state index in [2.05, 4.69) is 10.2 Å². The van der Waals surface area contributed by atoms with Crippen LogP contribution >= 0.6 is 0 Å². The first-order valence-corrected chi connectivity index (χ1v) is 12.6. The molecule has 0 aliphatic carbocycles. The smallest absolute Gasteiger partial charge is 0.336 e. The summed E-state index contributed by atoms with van der Waals surface area (Å²) in [5.41, 5.74) is 0.289. The number of allylic oxidation sites excluding steroid dienone is 1. The van der Waals surface area contributed by atoms with Crippen molar-refractivity contribution < 1.29 is 28.7 Å². The predicted molar refractivity (Wildman–Crippen MR) is 138 cm³/mol. The normalized spacial score (nSPS) is 25.9. The maximum atomic E-state index is 13.7. The molecule has 1 fully saturated rings. The number of esters is 1. The fraction of sp³-hybridized carbons (Fsp3) is 0.429. The number of aliphatic carboxylic acids is 1. The van der Waals surface area contributed by atoms with Crippen molar-refractivity contribution in [1.29, 1.82) is 0 Å². The van der Waals surface area contributed by atoms with Crippen LogP contribution in [0.15, 0.2) is 59.8 Å². The Morgan fingerprint density at radius 3 is 2.63 bits per heavy atom. The summed E-state index contributed by atoms with van der Waals surface area (Å²) in [4.78, 5) is 39.4. The van der Waals surface area contributed by atoms with Crippen LogP contribution < -0.4 is 5.32 Å². The number of carbonyl (C=O) groups is 2. The number of ether oxygens (including phenoxy) is 1. The van der Waals surface area contributed by atoms with E-state index >= 15 is 0 Å². The molecule has 0 radical (unpaired) electrons. The van der Waals surface area contributed by atoms with Crippen molar-refractivity contribution in [2.75, 3.05) is 13.1 Å². The standard InChI is InChI=1S/C28H32FN3O6/c1-17-24(26(33)38-23-8-5-13-31(16-23)15-19-9-11-21(29)12-10-19)25(28(3,27(34)35)18(2)30-17)20-6-4-7-22(14-20)32(36)37/h4,6-7,9-12,14,18,23,25,30H,5,8,13,15-16H2,1-3H3,(H,34,35). The number of carboxylic acid groups (broad SMARTS) is 1. The molecule has 10 heteroatoms. The number of rotatable bonds is 7. The SMILES string of the molecule is CC1=C(C(=O)OC2CCCN(Cc3ccc(F)cc3)C2)C(c2cccc([N+](=O)[O-])c2)C(C)(C(=O)O)C(C)N1. The number of piperidine rings is 1. The number of nitro benzene ring substituents is 1. The number of halogens is 1. The number of nitrogens with zero attached hydrogens (tertiary/aromatic N) is 2. The van der Waals surface area contributed by atoms with Gasteiger partial charge in [-0.2, -0.15) is 0 Å². The fourth-order valence-electron chi connectivity index (χ4n) is 5.55. The van der Waals surface area contributed by atoms with Crippen LogP contribution in [-0.2, 0) is 20.9 Å². The second kappa shape index (κ2) is 10.9. The average molecular weight is 526 g/mol. The topological polar surface area (TPSA) is 122 Å². The van der Waals surface area contributed by atoms with E-state index < -0.39 is 40.3 Å². The van der Waals surface area contributed by atoms with Crippen LogP contribution in [0.5, 0.6) is 0 Å². The second-order valence-corrected chi connectivity index (χ2v) is 10.3. The van der Waals surface area contributed by atoms with Crippen molar-refractivity contribution in [3.8, 4) is 0 Å². The quantitative estimate of drug-likeness (QED) is 0.310. The van der Waals surface area contributed by atoms with Gasteiger partial charge in [0.2, 0.25) is 0 Å². The van der Waals surface area contributed by atoms with E-state index in [4.69, 9.17) is 4.74 Å². The Morgan fingerprint density at radius 2 is 1.97 bits per heavy atom. The zero-order valence-electron chi connectivity index (χ0n) is 21.6. The molecule has 38 heavy (non-hydrogen) atoms. The van der Waals surface area contributed by atoms with Gasteiger partial charge in [-0.15, -0.1) is 0 Å². The van der Waals surface area contributed by atoms with E-state index in [1.807, 2.05) is 0 Å². The third kappa shape index (κ3) is 5.40. The van der Waals surface area contributed by atoms with Crippen LogP contribution in [0, 0.1) is 21.3 Å². The third-order valence-corrected chi connectivity index (χ3v) is 7.78. The molecule has 2 N–H and O–H groups in total. The monoisotopic (exact) mass is 525 g/mol. The van der Waals surface area contributed by atoms with Crippen molar-refractivity contribution in [1.82, 2.24) is 10.2 Å². The lowest BCUT2D eigenvalue weighted by Gasteiger charge is -2.45. The molecule has 4 rings (SSSR count). The summed E-state index contributed by atoms with van der Waals surface area (Å²) < 4.78 is 19.2. The van der Waals surface area contributed by atoms with E-state index in [0.717, 1.165) is 18.5 Å². The first-order chi connectivity index (χ1) is 18.0. The van der Waals surface area contributed by atoms with Crippen molar-refractivity contribution >= 4 is 17.6 Å². The Labute approximate surface area is 220 Å². The van der Waals surface area contributed by atoms with Crippen LogP contribution in [0.25, 0.3) is 0 Å². The molecule has 0 amide bonds. The van der Waals surface area contributed by atoms with Gasteiger partial charge in [0.05, 0.1) is 15.9 Å². The predicted octanol–water partition coefficient (Wildman–Crippen LogP) is 4.38. The number of likely N-dealkylation sites (tertiary alicyclic amines) is 1. The van der Waals surface area contributed by atoms with Crippen molar-refractivity contribution in [2.45, 2.75) is 58.2 Å². The van der Waals surface area contributed by atoms with E-state index in [9.17, 15) is 29.2 Å². The Morgan fingerprint density at radius 1 is 1.26 bits per heavy atom. The maximum absolute atomic E-state index is 13.7. The third-order valence-electron chi connectivity index (χ3n) is 7.78. The summed E-state index contributed by atoms with van der Waals surface area (Å²) in [7, 11) is 0. The van der Waals surface area contributed by atoms with E-state index in [1.165, 1.54) is 30.3 Å². The van der Waals surface area contributed by atoms with Gasteiger partial charge in [-0.1, -0.05) is 24.3 Å². The minimum atomic E-state index is -1.48. The van der Waals surface area contributed by atoms with Gasteiger partial charge in [-0.3, -0.25) is 19.8 Å². The van der Waals surface area contributed by atoms with Crippen LogP contribution in [0.1, 0.15) is 50.7 Å². The number of non-ortho nitro benzene ring substituents is 1. The molecule has 2 aliphatic rings. The van der Waals surface area contributed by atoms with E-state index in [0.29, 0.717) is 30.8 Å². The number of hydrogen-bond donors (Lipinski definition) is 2. The zero-order chi connectivity index (χ0) is 27.6. The van der Waals surface area contributed by atoms with Gasteiger partial charge in [-0.25, -0.2) is 9.18 Å². The molecule has 2 aliphatic heterocycles. The molecule has 2 aromatic rings. The number of nitrogens with one attached hydrogen (secondary N) is 1. The van der Waals surface area contributed by atoms with Gasteiger partial charge < -0.3 is 15.2 Å². The highest BCUT2D eigenvalue weighted by molar-refractivity contribution is 5.94. The Balaban J connectivity index is 1.61. The highest BCUT2D eigenvalue weighted by Gasteiger charge is 2.53. The highest BCUT2D eigenvalue weighted by Crippen LogP contribution is 2.48. The molecule has 4 unspecified atom stereocenters. The number of carboxylic acids is 1. The highest BCUT2D eigenvalue weighted by atomic mass is 19.1. The summed E-state index contributed by atoms with van der Waals surface area (Å²) in [5.74, 6) is -3.04. The van der Waals surface area contributed by atoms with E-state index in [1.54, 1.807) is 39.0 Å². The molecule has 1 saturated heterocycles. The minimum absolute atomic E-state index is 0.157. The molecule has 4 atom stereocenters. The number of carbonyl (C=O) groups excluding carboxylic acids is 1. The first-order valence-electron chi connectivity index (χ1n) is 12.6. The zero-order valence-corrected chi connectivity index (χ0v) is 21.6. The Hall–Kier alpha value is -3.79. The fourth-order valence-corrected chi connectivity index (χ4v) is 5.55. The molecular formula is C28H32FN3O6. The number of nitro groups is 1. The van der Waals surface area contributed by atoms with Crippen LogP contribution in [0.4, 0.5) is 10.1 Å². The summed E-state index contributed by atoms with van der Waals surface area (Å²) in [6.45, 7) is 6.83. The maximum Gasteiger partial charge on any atom is 0.336 e. The molecule has 2 heterocycles. The van der Waals surface area contributed by atoms with Gasteiger partial charge in [-0.05, 0) is 63.4 Å². The molecule has 2 aromatic carbocycles. The summed E-state index contributed by atoms with van der Waals surface area (Å²) in [6, 6.07) is 11.5. The molecule has 0 spiro atoms. The van der Waals surface area contributed by atoms with Crippen molar-refractivity contribution in [3.63, 3.8) is 0 Å². The summed E-state index contributed by atoms with van der Waals surface area (Å²) >= 11 is 0. The molecule has 0 aromatic heterocycles. The largest absolute Gasteiger partial charge is 0.481 e. The molecule has 9 nitrogen and oxygen atoms in total. The summed E-state index contributed by atoms with van der Waals surface area (Å²) in [6.07, 6.45) is 1.03. The molecule has 0 bridgehead atoms. The lowest BCUT2D eigenvalue weighted by Crippen LogP contribution is -2.55. The van der Waals surface area contributed by atoms with Crippen LogP contribution in [-0.4, -0.2) is 52.1 Å². The van der Waals surface area contributed by atoms with Crippen molar-refractivity contribution in [2.24, 2.45) is 5.41 Å². The van der Waals surface area contributed by atoms with Gasteiger partial charge in [0.15, 0.2) is 0 Å². The Bertz CT molecular complexity index is 1260. The van der Waals surface area contributed by atoms with Gasteiger partial charge in [0, 0.05) is 42.9 Å². The van der Waals surface area contributed by atoms with Crippen LogP contribution in [0.2, 0.25) is 0 Å². The molecular weight excluding hydrogens is 493 g/mol. The molecule has 202 valence electrons. The lowest BCUT2D eigenvalue weighted by atomic mass is 9.63. The van der Waals surface area contributed by atoms with E-state index in [-0.39, 0.29) is 17.1 Å². The van der Waals surface area contributed by atoms with Gasteiger partial charge >= 0.3 is 11.9 Å². The van der Waals surface area contributed by atoms with Gasteiger partial charge in [0.1, 0.15) is 11.9 Å². The average Bonchev–Trinajstić information content (AvgIpc) is 2.87. The van der Waals surface area contributed by atoms with Crippen LogP contribution in [0.3, 0.4) is 0 Å². The van der Waals surface area contributed by atoms with Crippen molar-refractivity contribution in [3.05, 3.63) is 86.9 Å². The summed E-state index contributed by atoms with van der Waals surface area (Å²) in [5, 5.41) is 24.9. The number of hydrogen-bond acceptors (Lipinski definition) is 7. The lowest BCUT2D eigenvalue weighted by molar-refractivity contribution is -0.384. The number of benzene rings is 2. The second-order valence-electron chi connectivity index (χ2n) is 10.3. The van der Waals surface area contributed by atoms with Gasteiger partial charge in [0.25, 0.3) is 5.69 Å². The Kier molecular flexibility index (Phi) is 7.82. The minimum Gasteiger partial charge on any atom is -0.481 e. The molecule has 0 saturated carbocycles.